The first-order valence-corrected chi connectivity index (χ1v) is 6.61. The average Bonchev–Trinajstić information content (AvgIpc) is 2.54. The zero-order valence-corrected chi connectivity index (χ0v) is 11.1. The van der Waals surface area contributed by atoms with Crippen LogP contribution in [0.5, 0.6) is 0 Å². The SMILES string of the molecule is CNc1nc(Cl)nc(NC2CCCCCC2O)n1. The summed E-state index contributed by atoms with van der Waals surface area (Å²) >= 11 is 5.81. The van der Waals surface area contributed by atoms with Crippen LogP contribution in [0.15, 0.2) is 0 Å². The van der Waals surface area contributed by atoms with Crippen molar-refractivity contribution < 1.29 is 5.11 Å². The monoisotopic (exact) mass is 271 g/mol. The zero-order chi connectivity index (χ0) is 13.0. The average molecular weight is 272 g/mol. The van der Waals surface area contributed by atoms with E-state index >= 15 is 0 Å². The molecule has 0 aromatic carbocycles. The predicted octanol–water partition coefficient (Wildman–Crippen LogP) is 1.67. The lowest BCUT2D eigenvalue weighted by atomic mass is 10.1. The van der Waals surface area contributed by atoms with Crippen LogP contribution in [0, 0.1) is 0 Å². The molecule has 3 N–H and O–H groups in total. The molecule has 2 atom stereocenters. The fraction of sp³-hybridized carbons (Fsp3) is 0.727. The van der Waals surface area contributed by atoms with E-state index in [4.69, 9.17) is 11.6 Å². The third-order valence-electron chi connectivity index (χ3n) is 3.13. The van der Waals surface area contributed by atoms with Gasteiger partial charge >= 0.3 is 0 Å². The summed E-state index contributed by atoms with van der Waals surface area (Å²) in [5, 5.41) is 16.1. The second-order valence-electron chi connectivity index (χ2n) is 4.46. The third-order valence-corrected chi connectivity index (χ3v) is 3.29. The van der Waals surface area contributed by atoms with E-state index in [9.17, 15) is 5.11 Å². The molecule has 7 heteroatoms. The van der Waals surface area contributed by atoms with Crippen LogP contribution in [0.25, 0.3) is 0 Å². The van der Waals surface area contributed by atoms with Gasteiger partial charge in [0.1, 0.15) is 0 Å². The number of aliphatic hydroxyl groups is 1. The third kappa shape index (κ3) is 3.43. The number of rotatable bonds is 3. The van der Waals surface area contributed by atoms with E-state index in [2.05, 4.69) is 25.6 Å². The van der Waals surface area contributed by atoms with Crippen LogP contribution in [0.3, 0.4) is 0 Å². The second kappa shape index (κ2) is 6.15. The Morgan fingerprint density at radius 3 is 2.61 bits per heavy atom. The van der Waals surface area contributed by atoms with Crippen LogP contribution in [0.4, 0.5) is 11.9 Å². The van der Waals surface area contributed by atoms with Crippen molar-refractivity contribution in [2.75, 3.05) is 17.7 Å². The molecule has 0 aliphatic heterocycles. The molecule has 2 rings (SSSR count). The topological polar surface area (TPSA) is 83.0 Å². The molecule has 1 heterocycles. The Bertz CT molecular complexity index is 403. The van der Waals surface area contributed by atoms with E-state index < -0.39 is 0 Å². The molecule has 0 amide bonds. The van der Waals surface area contributed by atoms with Crippen LogP contribution >= 0.6 is 11.6 Å². The van der Waals surface area contributed by atoms with Gasteiger partial charge in [-0.3, -0.25) is 0 Å². The van der Waals surface area contributed by atoms with E-state index in [1.54, 1.807) is 7.05 Å². The van der Waals surface area contributed by atoms with E-state index in [0.29, 0.717) is 11.9 Å². The fourth-order valence-electron chi connectivity index (χ4n) is 2.15. The first kappa shape index (κ1) is 13.3. The molecule has 1 aromatic heterocycles. The van der Waals surface area contributed by atoms with Gasteiger partial charge in [0.2, 0.25) is 17.2 Å². The lowest BCUT2D eigenvalue weighted by molar-refractivity contribution is 0.144. The Balaban J connectivity index is 2.09. The summed E-state index contributed by atoms with van der Waals surface area (Å²) in [4.78, 5) is 12.1. The van der Waals surface area contributed by atoms with Gasteiger partial charge in [0.25, 0.3) is 0 Å². The molecule has 1 saturated carbocycles. The van der Waals surface area contributed by atoms with Crippen LogP contribution in [0.2, 0.25) is 5.28 Å². The number of halogens is 1. The van der Waals surface area contributed by atoms with Gasteiger partial charge in [0.05, 0.1) is 12.1 Å². The van der Waals surface area contributed by atoms with E-state index in [-0.39, 0.29) is 17.4 Å². The van der Waals surface area contributed by atoms with Gasteiger partial charge in [-0.25, -0.2) is 0 Å². The predicted molar refractivity (Wildman–Crippen MR) is 70.9 cm³/mol. The molecule has 100 valence electrons. The van der Waals surface area contributed by atoms with Crippen molar-refractivity contribution in [1.82, 2.24) is 15.0 Å². The Labute approximate surface area is 111 Å². The first-order chi connectivity index (χ1) is 8.69. The maximum atomic E-state index is 10.0. The summed E-state index contributed by atoms with van der Waals surface area (Å²) in [6.45, 7) is 0. The smallest absolute Gasteiger partial charge is 0.229 e. The quantitative estimate of drug-likeness (QED) is 0.726. The van der Waals surface area contributed by atoms with Gasteiger partial charge in [-0.2, -0.15) is 15.0 Å². The maximum absolute atomic E-state index is 10.0. The highest BCUT2D eigenvalue weighted by Crippen LogP contribution is 2.21. The summed E-state index contributed by atoms with van der Waals surface area (Å²) < 4.78 is 0. The Kier molecular flexibility index (Phi) is 4.54. The minimum Gasteiger partial charge on any atom is -0.391 e. The standard InChI is InChI=1S/C11H18ClN5O/c1-13-10-15-9(12)16-11(17-10)14-7-5-3-2-4-6-8(7)18/h7-8,18H,2-6H2,1H3,(H2,13,14,15,16,17). The van der Waals surface area contributed by atoms with Crippen molar-refractivity contribution in [3.63, 3.8) is 0 Å². The molecule has 1 aliphatic carbocycles. The van der Waals surface area contributed by atoms with Gasteiger partial charge in [-0.15, -0.1) is 0 Å². The molecule has 0 bridgehead atoms. The largest absolute Gasteiger partial charge is 0.391 e. The molecule has 1 fully saturated rings. The molecule has 2 unspecified atom stereocenters. The Morgan fingerprint density at radius 2 is 1.83 bits per heavy atom. The fourth-order valence-corrected chi connectivity index (χ4v) is 2.31. The van der Waals surface area contributed by atoms with Crippen molar-refractivity contribution >= 4 is 23.5 Å². The summed E-state index contributed by atoms with van der Waals surface area (Å²) in [6.07, 6.45) is 4.70. The van der Waals surface area contributed by atoms with Crippen LogP contribution in [-0.4, -0.2) is 39.3 Å². The number of nitrogens with zero attached hydrogens (tertiary/aromatic N) is 3. The highest BCUT2D eigenvalue weighted by molar-refractivity contribution is 6.28. The molecule has 0 spiro atoms. The molecule has 18 heavy (non-hydrogen) atoms. The van der Waals surface area contributed by atoms with Gasteiger partial charge < -0.3 is 15.7 Å². The highest BCUT2D eigenvalue weighted by Gasteiger charge is 2.22. The molecule has 6 nitrogen and oxygen atoms in total. The van der Waals surface area contributed by atoms with Crippen molar-refractivity contribution in [2.24, 2.45) is 0 Å². The molecule has 1 aliphatic rings. The molecule has 0 saturated heterocycles. The molecule has 1 aromatic rings. The summed E-state index contributed by atoms with van der Waals surface area (Å²) in [5.41, 5.74) is 0. The normalized spacial score (nSPS) is 24.4. The minimum absolute atomic E-state index is 0.0179. The van der Waals surface area contributed by atoms with Crippen molar-refractivity contribution in [3.05, 3.63) is 5.28 Å². The minimum atomic E-state index is -0.360. The van der Waals surface area contributed by atoms with Gasteiger partial charge in [0.15, 0.2) is 0 Å². The summed E-state index contributed by atoms with van der Waals surface area (Å²) in [5.74, 6) is 0.825. The van der Waals surface area contributed by atoms with Gasteiger partial charge in [-0.05, 0) is 24.4 Å². The van der Waals surface area contributed by atoms with Crippen molar-refractivity contribution in [2.45, 2.75) is 44.2 Å². The number of hydrogen-bond acceptors (Lipinski definition) is 6. The van der Waals surface area contributed by atoms with Crippen LogP contribution < -0.4 is 10.6 Å². The maximum Gasteiger partial charge on any atom is 0.229 e. The second-order valence-corrected chi connectivity index (χ2v) is 4.80. The number of anilines is 2. The zero-order valence-electron chi connectivity index (χ0n) is 10.4. The highest BCUT2D eigenvalue weighted by atomic mass is 35.5. The first-order valence-electron chi connectivity index (χ1n) is 6.23. The van der Waals surface area contributed by atoms with Crippen LogP contribution in [-0.2, 0) is 0 Å². The number of aliphatic hydroxyl groups excluding tert-OH is 1. The van der Waals surface area contributed by atoms with Crippen molar-refractivity contribution in [3.8, 4) is 0 Å². The van der Waals surface area contributed by atoms with Crippen LogP contribution in [0.1, 0.15) is 32.1 Å². The number of hydrogen-bond donors (Lipinski definition) is 3. The molecular formula is C11H18ClN5O. The number of nitrogens with one attached hydrogen (secondary N) is 2. The van der Waals surface area contributed by atoms with Gasteiger partial charge in [-0.1, -0.05) is 19.3 Å². The Hall–Kier alpha value is -1.14. The Morgan fingerprint density at radius 1 is 1.11 bits per heavy atom. The van der Waals surface area contributed by atoms with E-state index in [1.807, 2.05) is 0 Å². The summed E-state index contributed by atoms with van der Waals surface area (Å²) in [7, 11) is 1.72. The van der Waals surface area contributed by atoms with Gasteiger partial charge in [0, 0.05) is 7.05 Å². The lowest BCUT2D eigenvalue weighted by Crippen LogP contribution is -2.33. The number of aromatic nitrogens is 3. The lowest BCUT2D eigenvalue weighted by Gasteiger charge is -2.21. The molecule has 0 radical (unpaired) electrons. The van der Waals surface area contributed by atoms with Crippen molar-refractivity contribution in [1.29, 1.82) is 0 Å². The van der Waals surface area contributed by atoms with E-state index in [0.717, 1.165) is 32.1 Å². The molecular weight excluding hydrogens is 254 g/mol. The van der Waals surface area contributed by atoms with E-state index in [1.165, 1.54) is 0 Å². The summed E-state index contributed by atoms with van der Waals surface area (Å²) in [6, 6.07) is -0.0179.